The van der Waals surface area contributed by atoms with Gasteiger partial charge in [-0.05, 0) is 23.6 Å². The maximum absolute atomic E-state index is 12.9. The van der Waals surface area contributed by atoms with E-state index in [4.69, 9.17) is 4.74 Å². The van der Waals surface area contributed by atoms with Crippen LogP contribution in [0.1, 0.15) is 19.4 Å². The van der Waals surface area contributed by atoms with Gasteiger partial charge in [-0.2, -0.15) is 0 Å². The molecule has 0 radical (unpaired) electrons. The van der Waals surface area contributed by atoms with Crippen LogP contribution in [0.5, 0.6) is 0 Å². The highest BCUT2D eigenvalue weighted by Crippen LogP contribution is 2.05. The molecule has 0 fully saturated rings. The van der Waals surface area contributed by atoms with E-state index in [0.29, 0.717) is 25.6 Å². The SMILES string of the molecule is CN=C(NCCOCC(C)C)N(C)Cc1ccc(F)cc1.I. The van der Waals surface area contributed by atoms with Gasteiger partial charge in [0.2, 0.25) is 0 Å². The molecule has 1 rings (SSSR count). The van der Waals surface area contributed by atoms with Crippen LogP contribution in [0, 0.1) is 11.7 Å². The summed E-state index contributed by atoms with van der Waals surface area (Å²) in [6.45, 7) is 7.07. The summed E-state index contributed by atoms with van der Waals surface area (Å²) in [4.78, 5) is 6.23. The average molecular weight is 423 g/mol. The zero-order valence-electron chi connectivity index (χ0n) is 13.8. The summed E-state index contributed by atoms with van der Waals surface area (Å²) in [5.74, 6) is 1.13. The molecular weight excluding hydrogens is 396 g/mol. The summed E-state index contributed by atoms with van der Waals surface area (Å²) in [5.41, 5.74) is 1.04. The molecule has 6 heteroatoms. The Kier molecular flexibility index (Phi) is 11.2. The van der Waals surface area contributed by atoms with Gasteiger partial charge in [-0.3, -0.25) is 4.99 Å². The molecule has 0 saturated carbocycles. The van der Waals surface area contributed by atoms with Crippen LogP contribution in [0.15, 0.2) is 29.3 Å². The van der Waals surface area contributed by atoms with E-state index < -0.39 is 0 Å². The normalized spacial score (nSPS) is 11.3. The Morgan fingerprint density at radius 2 is 1.95 bits per heavy atom. The van der Waals surface area contributed by atoms with Crippen molar-refractivity contribution in [2.45, 2.75) is 20.4 Å². The van der Waals surface area contributed by atoms with Gasteiger partial charge in [0.1, 0.15) is 5.82 Å². The zero-order chi connectivity index (χ0) is 15.7. The summed E-state index contributed by atoms with van der Waals surface area (Å²) in [7, 11) is 3.70. The van der Waals surface area contributed by atoms with Gasteiger partial charge < -0.3 is 15.0 Å². The molecular formula is C16H27FIN3O. The molecule has 0 aliphatic rings. The van der Waals surface area contributed by atoms with Crippen molar-refractivity contribution in [1.29, 1.82) is 0 Å². The van der Waals surface area contributed by atoms with E-state index in [1.54, 1.807) is 19.2 Å². The molecule has 0 atom stereocenters. The quantitative estimate of drug-likeness (QED) is 0.317. The predicted octanol–water partition coefficient (Wildman–Crippen LogP) is 3.12. The second kappa shape index (κ2) is 11.6. The minimum Gasteiger partial charge on any atom is -0.379 e. The van der Waals surface area contributed by atoms with Crippen molar-refractivity contribution in [2.24, 2.45) is 10.9 Å². The van der Waals surface area contributed by atoms with Crippen LogP contribution < -0.4 is 5.32 Å². The lowest BCUT2D eigenvalue weighted by atomic mass is 10.2. The van der Waals surface area contributed by atoms with Gasteiger partial charge in [-0.25, -0.2) is 4.39 Å². The van der Waals surface area contributed by atoms with Gasteiger partial charge in [0.15, 0.2) is 5.96 Å². The van der Waals surface area contributed by atoms with Crippen molar-refractivity contribution >= 4 is 29.9 Å². The summed E-state index contributed by atoms with van der Waals surface area (Å²) < 4.78 is 18.4. The lowest BCUT2D eigenvalue weighted by molar-refractivity contribution is 0.114. The van der Waals surface area contributed by atoms with E-state index in [1.807, 2.05) is 11.9 Å². The number of hydrogen-bond acceptors (Lipinski definition) is 2. The Morgan fingerprint density at radius 3 is 2.50 bits per heavy atom. The first-order chi connectivity index (χ1) is 10.0. The highest BCUT2D eigenvalue weighted by molar-refractivity contribution is 14.0. The highest BCUT2D eigenvalue weighted by Gasteiger charge is 2.06. The highest BCUT2D eigenvalue weighted by atomic mass is 127. The first-order valence-electron chi connectivity index (χ1n) is 7.27. The summed E-state index contributed by atoms with van der Waals surface area (Å²) in [5, 5.41) is 3.25. The van der Waals surface area contributed by atoms with Crippen LogP contribution >= 0.6 is 24.0 Å². The van der Waals surface area contributed by atoms with Crippen LogP contribution in [-0.4, -0.2) is 44.7 Å². The largest absolute Gasteiger partial charge is 0.379 e. The minimum atomic E-state index is -0.216. The number of rotatable bonds is 7. The second-order valence-corrected chi connectivity index (χ2v) is 5.43. The molecule has 1 aromatic carbocycles. The van der Waals surface area contributed by atoms with E-state index in [9.17, 15) is 4.39 Å². The number of halogens is 2. The number of benzene rings is 1. The molecule has 22 heavy (non-hydrogen) atoms. The first-order valence-corrected chi connectivity index (χ1v) is 7.27. The Hall–Kier alpha value is -0.890. The molecule has 126 valence electrons. The number of guanidine groups is 1. The van der Waals surface area contributed by atoms with Crippen molar-refractivity contribution in [3.05, 3.63) is 35.6 Å². The van der Waals surface area contributed by atoms with Crippen LogP contribution in [0.4, 0.5) is 4.39 Å². The van der Waals surface area contributed by atoms with Gasteiger partial charge in [0, 0.05) is 33.8 Å². The Bertz CT molecular complexity index is 438. The van der Waals surface area contributed by atoms with Crippen molar-refractivity contribution in [1.82, 2.24) is 10.2 Å². The molecule has 0 aliphatic carbocycles. The fourth-order valence-electron chi connectivity index (χ4n) is 1.88. The molecule has 0 heterocycles. The van der Waals surface area contributed by atoms with Gasteiger partial charge in [-0.1, -0.05) is 26.0 Å². The number of hydrogen-bond donors (Lipinski definition) is 1. The Morgan fingerprint density at radius 1 is 1.32 bits per heavy atom. The van der Waals surface area contributed by atoms with E-state index in [0.717, 1.165) is 18.1 Å². The summed E-state index contributed by atoms with van der Waals surface area (Å²) in [6.07, 6.45) is 0. The van der Waals surface area contributed by atoms with Gasteiger partial charge >= 0.3 is 0 Å². The molecule has 4 nitrogen and oxygen atoms in total. The Labute approximate surface area is 150 Å². The predicted molar refractivity (Wildman–Crippen MR) is 100 cm³/mol. The molecule has 1 N–H and O–H groups in total. The monoisotopic (exact) mass is 423 g/mol. The summed E-state index contributed by atoms with van der Waals surface area (Å²) in [6, 6.07) is 6.51. The van der Waals surface area contributed by atoms with E-state index in [-0.39, 0.29) is 29.8 Å². The van der Waals surface area contributed by atoms with Crippen molar-refractivity contribution in [3.8, 4) is 0 Å². The molecule has 0 saturated heterocycles. The average Bonchev–Trinajstić information content (AvgIpc) is 2.45. The van der Waals surface area contributed by atoms with Crippen molar-refractivity contribution in [3.63, 3.8) is 0 Å². The van der Waals surface area contributed by atoms with Gasteiger partial charge in [0.05, 0.1) is 6.61 Å². The van der Waals surface area contributed by atoms with Crippen LogP contribution in [0.2, 0.25) is 0 Å². The lowest BCUT2D eigenvalue weighted by Crippen LogP contribution is -2.40. The molecule has 0 amide bonds. The molecule has 0 spiro atoms. The smallest absolute Gasteiger partial charge is 0.193 e. The summed E-state index contributed by atoms with van der Waals surface area (Å²) >= 11 is 0. The van der Waals surface area contributed by atoms with E-state index >= 15 is 0 Å². The zero-order valence-corrected chi connectivity index (χ0v) is 16.1. The molecule has 0 aliphatic heterocycles. The molecule has 0 unspecified atom stereocenters. The molecule has 0 aromatic heterocycles. The number of ether oxygens (including phenoxy) is 1. The topological polar surface area (TPSA) is 36.9 Å². The number of aliphatic imine (C=N–C) groups is 1. The standard InChI is InChI=1S/C16H26FN3O.HI/c1-13(2)12-21-10-9-19-16(18-3)20(4)11-14-5-7-15(17)8-6-14;/h5-8,13H,9-12H2,1-4H3,(H,18,19);1H. The number of nitrogens with one attached hydrogen (secondary N) is 1. The fraction of sp³-hybridized carbons (Fsp3) is 0.562. The van der Waals surface area contributed by atoms with E-state index in [2.05, 4.69) is 24.2 Å². The number of nitrogens with zero attached hydrogens (tertiary/aromatic N) is 2. The first kappa shape index (κ1) is 21.1. The van der Waals surface area contributed by atoms with Gasteiger partial charge in [0.25, 0.3) is 0 Å². The van der Waals surface area contributed by atoms with Crippen LogP contribution in [0.3, 0.4) is 0 Å². The molecule has 0 bridgehead atoms. The van der Waals surface area contributed by atoms with E-state index in [1.165, 1.54) is 12.1 Å². The fourth-order valence-corrected chi connectivity index (χ4v) is 1.88. The lowest BCUT2D eigenvalue weighted by Gasteiger charge is -2.22. The third-order valence-corrected chi connectivity index (χ3v) is 2.89. The maximum atomic E-state index is 12.9. The minimum absolute atomic E-state index is 0. The third kappa shape index (κ3) is 8.53. The van der Waals surface area contributed by atoms with Crippen molar-refractivity contribution < 1.29 is 9.13 Å². The van der Waals surface area contributed by atoms with Crippen LogP contribution in [-0.2, 0) is 11.3 Å². The third-order valence-electron chi connectivity index (χ3n) is 2.89. The van der Waals surface area contributed by atoms with Crippen molar-refractivity contribution in [2.75, 3.05) is 33.9 Å². The second-order valence-electron chi connectivity index (χ2n) is 5.43. The maximum Gasteiger partial charge on any atom is 0.193 e. The Balaban J connectivity index is 0.00000441. The molecule has 1 aromatic rings. The van der Waals surface area contributed by atoms with Gasteiger partial charge in [-0.15, -0.1) is 24.0 Å². The van der Waals surface area contributed by atoms with Crippen LogP contribution in [0.25, 0.3) is 0 Å².